The van der Waals surface area contributed by atoms with Crippen LogP contribution in [0.4, 0.5) is 0 Å². The smallest absolute Gasteiger partial charge is 0.358 e. The lowest BCUT2D eigenvalue weighted by molar-refractivity contribution is -0.150. The van der Waals surface area contributed by atoms with Crippen molar-refractivity contribution < 1.29 is 14.3 Å². The third-order valence-corrected chi connectivity index (χ3v) is 1.44. The molecule has 0 spiro atoms. The van der Waals surface area contributed by atoms with Crippen molar-refractivity contribution in [2.75, 3.05) is 0 Å². The SMILES string of the molecule is CC1=C(Cl)C(=O)OC1=O. The van der Waals surface area contributed by atoms with Crippen LogP contribution in [0.1, 0.15) is 6.92 Å². The Balaban J connectivity index is 3.06. The normalized spacial score (nSPS) is 18.9. The van der Waals surface area contributed by atoms with Crippen molar-refractivity contribution in [2.45, 2.75) is 6.92 Å². The van der Waals surface area contributed by atoms with Gasteiger partial charge in [0.1, 0.15) is 5.03 Å². The molecule has 0 amide bonds. The minimum Gasteiger partial charge on any atom is -0.385 e. The molecule has 0 saturated heterocycles. The van der Waals surface area contributed by atoms with Gasteiger partial charge < -0.3 is 4.74 Å². The fraction of sp³-hybridized carbons (Fsp3) is 0.200. The van der Waals surface area contributed by atoms with Crippen LogP contribution in [0, 0.1) is 0 Å². The Bertz CT molecular complexity index is 194. The summed E-state index contributed by atoms with van der Waals surface area (Å²) in [7, 11) is 0. The summed E-state index contributed by atoms with van der Waals surface area (Å²) in [5.74, 6) is -1.40. The number of halogens is 1. The first kappa shape index (κ1) is 6.29. The van der Waals surface area contributed by atoms with E-state index in [1.807, 2.05) is 0 Å². The van der Waals surface area contributed by atoms with Crippen LogP contribution in [0.3, 0.4) is 0 Å². The van der Waals surface area contributed by atoms with E-state index in [9.17, 15) is 9.59 Å². The standard InChI is InChI=1S/C5H3ClO3/c1-2-3(6)5(8)9-4(2)7/h1H3. The van der Waals surface area contributed by atoms with Crippen LogP contribution in [0.2, 0.25) is 0 Å². The Kier molecular flexibility index (Phi) is 1.29. The summed E-state index contributed by atoms with van der Waals surface area (Å²) in [4.78, 5) is 20.8. The maximum Gasteiger partial charge on any atom is 0.358 e. The minimum absolute atomic E-state index is 0.111. The van der Waals surface area contributed by atoms with Gasteiger partial charge in [-0.3, -0.25) is 0 Å². The number of ether oxygens (including phenoxy) is 1. The lowest BCUT2D eigenvalue weighted by Crippen LogP contribution is -2.00. The molecule has 0 saturated carbocycles. The van der Waals surface area contributed by atoms with Gasteiger partial charge in [0.25, 0.3) is 0 Å². The van der Waals surface area contributed by atoms with Gasteiger partial charge in [0.05, 0.1) is 5.57 Å². The molecule has 1 heterocycles. The zero-order valence-corrected chi connectivity index (χ0v) is 5.36. The Morgan fingerprint density at radius 1 is 1.33 bits per heavy atom. The molecule has 0 atom stereocenters. The molecule has 0 aromatic heterocycles. The quantitative estimate of drug-likeness (QED) is 0.371. The fourth-order valence-corrected chi connectivity index (χ4v) is 0.564. The average Bonchev–Trinajstić information content (AvgIpc) is 1.98. The topological polar surface area (TPSA) is 43.4 Å². The van der Waals surface area contributed by atoms with Crippen LogP contribution < -0.4 is 0 Å². The van der Waals surface area contributed by atoms with Crippen molar-refractivity contribution in [2.24, 2.45) is 0 Å². The predicted octanol–water partition coefficient (Wildman–Crippen LogP) is 0.583. The van der Waals surface area contributed by atoms with E-state index in [4.69, 9.17) is 11.6 Å². The molecule has 48 valence electrons. The lowest BCUT2D eigenvalue weighted by atomic mass is 10.3. The van der Waals surface area contributed by atoms with Gasteiger partial charge in [-0.15, -0.1) is 0 Å². The van der Waals surface area contributed by atoms with E-state index in [2.05, 4.69) is 4.74 Å². The van der Waals surface area contributed by atoms with E-state index in [0.29, 0.717) is 0 Å². The number of carbonyl (C=O) groups excluding carboxylic acids is 2. The first-order chi connectivity index (χ1) is 4.13. The van der Waals surface area contributed by atoms with E-state index in [1.165, 1.54) is 6.92 Å². The van der Waals surface area contributed by atoms with Crippen molar-refractivity contribution in [1.29, 1.82) is 0 Å². The maximum absolute atomic E-state index is 10.4. The number of carbonyl (C=O) groups is 2. The molecule has 1 aliphatic heterocycles. The zero-order chi connectivity index (χ0) is 7.02. The Labute approximate surface area is 56.2 Å². The molecule has 0 aliphatic carbocycles. The molecule has 3 nitrogen and oxygen atoms in total. The van der Waals surface area contributed by atoms with Gasteiger partial charge in [-0.1, -0.05) is 11.6 Å². The number of hydrogen-bond donors (Lipinski definition) is 0. The summed E-state index contributed by atoms with van der Waals surface area (Å²) in [6.45, 7) is 1.44. The molecule has 9 heavy (non-hydrogen) atoms. The molecule has 0 bridgehead atoms. The summed E-state index contributed by atoms with van der Waals surface area (Å²) in [6.07, 6.45) is 0. The molecule has 4 heteroatoms. The van der Waals surface area contributed by atoms with Crippen molar-refractivity contribution in [3.05, 3.63) is 10.6 Å². The second kappa shape index (κ2) is 1.84. The van der Waals surface area contributed by atoms with Crippen LogP contribution in [-0.2, 0) is 14.3 Å². The molecule has 0 N–H and O–H groups in total. The second-order valence-corrected chi connectivity index (χ2v) is 1.99. The third kappa shape index (κ3) is 0.833. The summed E-state index contributed by atoms with van der Waals surface area (Å²) in [6, 6.07) is 0. The van der Waals surface area contributed by atoms with Gasteiger partial charge in [0, 0.05) is 0 Å². The number of hydrogen-bond acceptors (Lipinski definition) is 3. The minimum atomic E-state index is -0.751. The number of rotatable bonds is 0. The summed E-state index contributed by atoms with van der Waals surface area (Å²) < 4.78 is 4.10. The van der Waals surface area contributed by atoms with E-state index in [0.717, 1.165) is 0 Å². The molecular formula is C5H3ClO3. The van der Waals surface area contributed by atoms with Crippen molar-refractivity contribution in [3.63, 3.8) is 0 Å². The highest BCUT2D eigenvalue weighted by Crippen LogP contribution is 2.19. The van der Waals surface area contributed by atoms with E-state index >= 15 is 0 Å². The first-order valence-corrected chi connectivity index (χ1v) is 2.63. The van der Waals surface area contributed by atoms with Gasteiger partial charge >= 0.3 is 11.9 Å². The van der Waals surface area contributed by atoms with Crippen molar-refractivity contribution in [1.82, 2.24) is 0 Å². The van der Waals surface area contributed by atoms with Gasteiger partial charge in [-0.2, -0.15) is 0 Å². The largest absolute Gasteiger partial charge is 0.385 e. The van der Waals surface area contributed by atoms with Gasteiger partial charge in [-0.05, 0) is 6.92 Å². The summed E-state index contributed by atoms with van der Waals surface area (Å²) in [5.41, 5.74) is 0.182. The number of cyclic esters (lactones) is 2. The Morgan fingerprint density at radius 2 is 1.89 bits per heavy atom. The lowest BCUT2D eigenvalue weighted by Gasteiger charge is -1.83. The molecule has 1 aliphatic rings. The third-order valence-electron chi connectivity index (χ3n) is 1.00. The Hall–Kier alpha value is -0.830. The van der Waals surface area contributed by atoms with E-state index in [1.54, 1.807) is 0 Å². The van der Waals surface area contributed by atoms with Crippen LogP contribution >= 0.6 is 11.6 Å². The highest BCUT2D eigenvalue weighted by atomic mass is 35.5. The Morgan fingerprint density at radius 3 is 2.00 bits per heavy atom. The second-order valence-electron chi connectivity index (χ2n) is 1.62. The number of esters is 2. The van der Waals surface area contributed by atoms with Gasteiger partial charge in [0.2, 0.25) is 0 Å². The monoisotopic (exact) mass is 146 g/mol. The van der Waals surface area contributed by atoms with Crippen LogP contribution in [0.25, 0.3) is 0 Å². The molecule has 1 rings (SSSR count). The highest BCUT2D eigenvalue weighted by Gasteiger charge is 2.27. The molecular weight excluding hydrogens is 144 g/mol. The first-order valence-electron chi connectivity index (χ1n) is 2.26. The molecule has 0 fully saturated rings. The zero-order valence-electron chi connectivity index (χ0n) is 4.60. The van der Waals surface area contributed by atoms with Crippen molar-refractivity contribution in [3.8, 4) is 0 Å². The molecule has 0 unspecified atom stereocenters. The fourth-order valence-electron chi connectivity index (χ4n) is 0.448. The van der Waals surface area contributed by atoms with Gasteiger partial charge in [0.15, 0.2) is 0 Å². The molecule has 0 aromatic carbocycles. The molecule has 0 aromatic rings. The molecule has 0 radical (unpaired) electrons. The average molecular weight is 147 g/mol. The summed E-state index contributed by atoms with van der Waals surface area (Å²) >= 11 is 5.29. The van der Waals surface area contributed by atoms with Crippen LogP contribution in [-0.4, -0.2) is 11.9 Å². The summed E-state index contributed by atoms with van der Waals surface area (Å²) in [5, 5.41) is -0.111. The van der Waals surface area contributed by atoms with Crippen LogP contribution in [0.15, 0.2) is 10.6 Å². The predicted molar refractivity (Wildman–Crippen MR) is 29.7 cm³/mol. The van der Waals surface area contributed by atoms with Crippen molar-refractivity contribution >= 4 is 23.5 Å². The van der Waals surface area contributed by atoms with Gasteiger partial charge in [-0.25, -0.2) is 9.59 Å². The highest BCUT2D eigenvalue weighted by molar-refractivity contribution is 6.45. The van der Waals surface area contributed by atoms with E-state index < -0.39 is 11.9 Å². The van der Waals surface area contributed by atoms with E-state index in [-0.39, 0.29) is 10.6 Å². The van der Waals surface area contributed by atoms with Crippen LogP contribution in [0.5, 0.6) is 0 Å². The maximum atomic E-state index is 10.4.